The molecule has 4 N–H and O–H groups in total. The third-order valence-corrected chi connectivity index (χ3v) is 6.71. The van der Waals surface area contributed by atoms with Crippen molar-refractivity contribution >= 4 is 16.2 Å². The number of nitrogens with two attached hydrogens (primary N) is 1. The van der Waals surface area contributed by atoms with Crippen molar-refractivity contribution in [3.05, 3.63) is 65.7 Å². The van der Waals surface area contributed by atoms with Crippen molar-refractivity contribution in [1.29, 1.82) is 5.26 Å². The lowest BCUT2D eigenvalue weighted by Crippen LogP contribution is -2.59. The number of ether oxygens (including phenoxy) is 1. The number of nitrogens with zero attached hydrogens (tertiary/aromatic N) is 3. The molecule has 2 aromatic rings. The SMILES string of the molecule is CC1(C)Oc2ccccc2C(N(C(N)=NCC#N)S(=O)(=O)NCCc2ccccc2)C1O. The van der Waals surface area contributed by atoms with E-state index in [0.717, 1.165) is 9.87 Å². The Morgan fingerprint density at radius 3 is 2.59 bits per heavy atom. The van der Waals surface area contributed by atoms with Gasteiger partial charge in [-0.25, -0.2) is 9.30 Å². The lowest BCUT2D eigenvalue weighted by atomic mass is 9.86. The summed E-state index contributed by atoms with van der Waals surface area (Å²) in [4.78, 5) is 3.89. The number of nitriles is 1. The third kappa shape index (κ3) is 5.02. The van der Waals surface area contributed by atoms with Crippen molar-refractivity contribution in [1.82, 2.24) is 9.03 Å². The third-order valence-electron chi connectivity index (χ3n) is 5.21. The van der Waals surface area contributed by atoms with Gasteiger partial charge in [-0.2, -0.15) is 18.4 Å². The minimum absolute atomic E-state index is 0.110. The first-order valence-corrected chi connectivity index (χ1v) is 11.6. The average molecular weight is 458 g/mol. The van der Waals surface area contributed by atoms with Crippen LogP contribution in [0.1, 0.15) is 31.0 Å². The van der Waals surface area contributed by atoms with Gasteiger partial charge in [0.25, 0.3) is 0 Å². The van der Waals surface area contributed by atoms with E-state index in [0.29, 0.717) is 17.7 Å². The molecule has 0 aromatic heterocycles. The largest absolute Gasteiger partial charge is 0.485 e. The lowest BCUT2D eigenvalue weighted by Gasteiger charge is -2.45. The zero-order valence-corrected chi connectivity index (χ0v) is 18.8. The molecule has 0 aliphatic carbocycles. The van der Waals surface area contributed by atoms with Crippen molar-refractivity contribution in [2.45, 2.75) is 38.0 Å². The first-order chi connectivity index (χ1) is 15.2. The number of aliphatic hydroxyl groups is 1. The van der Waals surface area contributed by atoms with Crippen LogP contribution in [0.3, 0.4) is 0 Å². The summed E-state index contributed by atoms with van der Waals surface area (Å²) in [6, 6.07) is 17.0. The maximum atomic E-state index is 13.4. The van der Waals surface area contributed by atoms with E-state index in [1.807, 2.05) is 36.4 Å². The summed E-state index contributed by atoms with van der Waals surface area (Å²) in [7, 11) is -4.25. The molecule has 1 aliphatic rings. The summed E-state index contributed by atoms with van der Waals surface area (Å²) in [5, 5.41) is 20.0. The highest BCUT2D eigenvalue weighted by molar-refractivity contribution is 7.87. The second kappa shape index (κ2) is 9.56. The molecule has 32 heavy (non-hydrogen) atoms. The number of fused-ring (bicyclic) bond motifs is 1. The van der Waals surface area contributed by atoms with Gasteiger partial charge in [-0.3, -0.25) is 0 Å². The van der Waals surface area contributed by atoms with Gasteiger partial charge < -0.3 is 15.6 Å². The topological polar surface area (TPSA) is 141 Å². The van der Waals surface area contributed by atoms with Crippen LogP contribution in [-0.4, -0.2) is 48.6 Å². The molecule has 0 saturated heterocycles. The van der Waals surface area contributed by atoms with Crippen molar-refractivity contribution < 1.29 is 18.3 Å². The molecular formula is C22H27N5O4S. The fourth-order valence-electron chi connectivity index (χ4n) is 3.61. The average Bonchev–Trinajstić information content (AvgIpc) is 2.75. The summed E-state index contributed by atoms with van der Waals surface area (Å²) in [5.74, 6) is 0.0423. The molecular weight excluding hydrogens is 430 g/mol. The first kappa shape index (κ1) is 23.5. The Hall–Kier alpha value is -3.13. The second-order valence-corrected chi connectivity index (χ2v) is 9.53. The van der Waals surface area contributed by atoms with E-state index in [9.17, 15) is 13.5 Å². The van der Waals surface area contributed by atoms with Crippen LogP contribution in [0.2, 0.25) is 0 Å². The monoisotopic (exact) mass is 457 g/mol. The number of aliphatic imine (C=N–C) groups is 1. The van der Waals surface area contributed by atoms with Gasteiger partial charge in [0, 0.05) is 12.1 Å². The molecule has 2 atom stereocenters. The van der Waals surface area contributed by atoms with Crippen molar-refractivity contribution in [2.24, 2.45) is 10.7 Å². The van der Waals surface area contributed by atoms with E-state index in [4.69, 9.17) is 15.7 Å². The first-order valence-electron chi connectivity index (χ1n) is 10.1. The number of rotatable bonds is 7. The van der Waals surface area contributed by atoms with Crippen LogP contribution < -0.4 is 15.2 Å². The number of guanidine groups is 1. The summed E-state index contributed by atoms with van der Waals surface area (Å²) < 4.78 is 36.1. The highest BCUT2D eigenvalue weighted by atomic mass is 32.2. The Morgan fingerprint density at radius 1 is 1.25 bits per heavy atom. The predicted octanol–water partition coefficient (Wildman–Crippen LogP) is 1.48. The molecule has 2 unspecified atom stereocenters. The quantitative estimate of drug-likeness (QED) is 0.327. The van der Waals surface area contributed by atoms with Crippen molar-refractivity contribution in [3.63, 3.8) is 0 Å². The standard InChI is InChI=1S/C22H27N5O4S/c1-22(2)20(28)19(17-10-6-7-11-18(17)31-22)27(21(24)25-15-13-23)32(29,30)26-14-12-16-8-4-3-5-9-16/h3-11,19-20,26,28H,12,14-15H2,1-2H3,(H2,24,25). The van der Waals surface area contributed by atoms with Crippen LogP contribution >= 0.6 is 0 Å². The van der Waals surface area contributed by atoms with Gasteiger partial charge in [-0.05, 0) is 31.9 Å². The van der Waals surface area contributed by atoms with Gasteiger partial charge in [0.05, 0.1) is 6.07 Å². The van der Waals surface area contributed by atoms with Gasteiger partial charge in [0.1, 0.15) is 30.0 Å². The maximum absolute atomic E-state index is 13.4. The van der Waals surface area contributed by atoms with E-state index in [2.05, 4.69) is 9.71 Å². The molecule has 0 radical (unpaired) electrons. The van der Waals surface area contributed by atoms with Crippen LogP contribution in [0.25, 0.3) is 0 Å². The number of aliphatic hydroxyl groups excluding tert-OH is 1. The molecule has 0 saturated carbocycles. The van der Waals surface area contributed by atoms with Crippen LogP contribution in [0.5, 0.6) is 5.75 Å². The summed E-state index contributed by atoms with van der Waals surface area (Å²) in [5.41, 5.74) is 6.37. The minimum atomic E-state index is -4.25. The van der Waals surface area contributed by atoms with E-state index in [-0.39, 0.29) is 13.1 Å². The lowest BCUT2D eigenvalue weighted by molar-refractivity contribution is -0.0720. The number of hydrogen-bond donors (Lipinski definition) is 3. The maximum Gasteiger partial charge on any atom is 0.304 e. The molecule has 3 rings (SSSR count). The van der Waals surface area contributed by atoms with E-state index < -0.39 is 33.9 Å². The molecule has 0 amide bonds. The molecule has 1 heterocycles. The second-order valence-electron chi connectivity index (χ2n) is 7.90. The van der Waals surface area contributed by atoms with Gasteiger partial charge in [-0.15, -0.1) is 0 Å². The fourth-order valence-corrected chi connectivity index (χ4v) is 4.94. The van der Waals surface area contributed by atoms with Crippen LogP contribution in [-0.2, 0) is 16.6 Å². The number of para-hydroxylation sites is 1. The smallest absolute Gasteiger partial charge is 0.304 e. The molecule has 9 nitrogen and oxygen atoms in total. The fraction of sp³-hybridized carbons (Fsp3) is 0.364. The number of benzene rings is 2. The molecule has 170 valence electrons. The van der Waals surface area contributed by atoms with Gasteiger partial charge in [-0.1, -0.05) is 48.5 Å². The Balaban J connectivity index is 1.99. The Kier molecular flexibility index (Phi) is 7.03. The van der Waals surface area contributed by atoms with E-state index >= 15 is 0 Å². The molecule has 0 spiro atoms. The Bertz CT molecular complexity index is 1110. The normalized spacial score (nSPS) is 20.0. The van der Waals surface area contributed by atoms with Gasteiger partial charge >= 0.3 is 10.2 Å². The van der Waals surface area contributed by atoms with Crippen molar-refractivity contribution in [2.75, 3.05) is 13.1 Å². The van der Waals surface area contributed by atoms with Crippen LogP contribution in [0.4, 0.5) is 0 Å². The van der Waals surface area contributed by atoms with Crippen LogP contribution in [0, 0.1) is 11.3 Å². The zero-order chi connectivity index (χ0) is 23.4. The van der Waals surface area contributed by atoms with Gasteiger partial charge in [0.15, 0.2) is 0 Å². The Labute approximate surface area is 188 Å². The number of nitrogens with one attached hydrogen (secondary N) is 1. The summed E-state index contributed by atoms with van der Waals surface area (Å²) >= 11 is 0. The number of hydrogen-bond acceptors (Lipinski definition) is 6. The molecule has 2 aromatic carbocycles. The van der Waals surface area contributed by atoms with E-state index in [1.165, 1.54) is 0 Å². The molecule has 1 aliphatic heterocycles. The van der Waals surface area contributed by atoms with Crippen LogP contribution in [0.15, 0.2) is 59.6 Å². The highest BCUT2D eigenvalue weighted by Crippen LogP contribution is 2.43. The highest BCUT2D eigenvalue weighted by Gasteiger charge is 2.49. The summed E-state index contributed by atoms with van der Waals surface area (Å²) in [6.45, 7) is 3.11. The molecule has 0 fully saturated rings. The van der Waals surface area contributed by atoms with Crippen molar-refractivity contribution in [3.8, 4) is 11.8 Å². The summed E-state index contributed by atoms with van der Waals surface area (Å²) in [6.07, 6.45) is -0.805. The Morgan fingerprint density at radius 2 is 1.91 bits per heavy atom. The molecule has 0 bridgehead atoms. The minimum Gasteiger partial charge on any atom is -0.485 e. The zero-order valence-electron chi connectivity index (χ0n) is 18.0. The molecule has 10 heteroatoms. The van der Waals surface area contributed by atoms with E-state index in [1.54, 1.807) is 38.1 Å². The van der Waals surface area contributed by atoms with Gasteiger partial charge in [0.2, 0.25) is 5.96 Å². The predicted molar refractivity (Wildman–Crippen MR) is 121 cm³/mol.